The fourth-order valence-corrected chi connectivity index (χ4v) is 1.60. The van der Waals surface area contributed by atoms with Crippen LogP contribution in [-0.4, -0.2) is 22.0 Å². The summed E-state index contributed by atoms with van der Waals surface area (Å²) in [7, 11) is 0. The molecule has 0 aliphatic rings. The van der Waals surface area contributed by atoms with Gasteiger partial charge in [0.05, 0.1) is 11.3 Å². The highest BCUT2D eigenvalue weighted by molar-refractivity contribution is 5.94. The third kappa shape index (κ3) is 2.74. The maximum Gasteiger partial charge on any atom is 0.335 e. The number of nitrogens with two attached hydrogens (primary N) is 1. The van der Waals surface area contributed by atoms with E-state index in [1.807, 2.05) is 0 Å². The molecule has 1 aromatic heterocycles. The minimum Gasteiger partial charge on any atom is -0.478 e. The van der Waals surface area contributed by atoms with Crippen molar-refractivity contribution in [2.45, 2.75) is 0 Å². The van der Waals surface area contributed by atoms with E-state index in [0.717, 1.165) is 12.1 Å². The van der Waals surface area contributed by atoms with Gasteiger partial charge in [-0.05, 0) is 30.3 Å². The molecule has 0 aliphatic heterocycles. The molecule has 0 fully saturated rings. The van der Waals surface area contributed by atoms with Gasteiger partial charge in [-0.25, -0.2) is 9.18 Å². The third-order valence-corrected chi connectivity index (χ3v) is 2.48. The lowest BCUT2D eigenvalue weighted by molar-refractivity contribution is 0.0696. The topological polar surface area (TPSA) is 93.3 Å². The van der Waals surface area contributed by atoms with Crippen LogP contribution >= 0.6 is 0 Å². The van der Waals surface area contributed by atoms with Crippen LogP contribution < -0.4 is 5.73 Å². The Balaban J connectivity index is 2.55. The quantitative estimate of drug-likeness (QED) is 0.878. The first-order chi connectivity index (χ1) is 8.97. The van der Waals surface area contributed by atoms with E-state index in [1.165, 1.54) is 24.4 Å². The number of carbonyl (C=O) groups excluding carboxylic acids is 1. The first-order valence-corrected chi connectivity index (χ1v) is 5.27. The minimum absolute atomic E-state index is 0.193. The maximum absolute atomic E-state index is 13.4. The van der Waals surface area contributed by atoms with Gasteiger partial charge in [0, 0.05) is 17.3 Å². The summed E-state index contributed by atoms with van der Waals surface area (Å²) in [6.45, 7) is 0. The molecule has 0 saturated heterocycles. The summed E-state index contributed by atoms with van der Waals surface area (Å²) in [6, 6.07) is 6.12. The molecule has 2 rings (SSSR count). The van der Waals surface area contributed by atoms with E-state index in [4.69, 9.17) is 10.8 Å². The second-order valence-electron chi connectivity index (χ2n) is 3.83. The lowest BCUT2D eigenvalue weighted by Crippen LogP contribution is -2.11. The molecule has 0 saturated carbocycles. The minimum atomic E-state index is -1.24. The molecule has 1 heterocycles. The molecule has 0 spiro atoms. The van der Waals surface area contributed by atoms with Crippen LogP contribution in [0.3, 0.4) is 0 Å². The van der Waals surface area contributed by atoms with Crippen LogP contribution in [0.15, 0.2) is 36.5 Å². The van der Waals surface area contributed by atoms with Crippen LogP contribution in [0.5, 0.6) is 0 Å². The lowest BCUT2D eigenvalue weighted by atomic mass is 10.1. The summed E-state index contributed by atoms with van der Waals surface area (Å²) in [4.78, 5) is 25.9. The second kappa shape index (κ2) is 4.85. The largest absolute Gasteiger partial charge is 0.478 e. The number of carboxylic acids is 1. The molecule has 19 heavy (non-hydrogen) atoms. The van der Waals surface area contributed by atoms with Gasteiger partial charge in [0.15, 0.2) is 0 Å². The van der Waals surface area contributed by atoms with Crippen molar-refractivity contribution in [2.24, 2.45) is 5.73 Å². The predicted molar refractivity (Wildman–Crippen MR) is 65.1 cm³/mol. The third-order valence-electron chi connectivity index (χ3n) is 2.48. The molecule has 0 bridgehead atoms. The number of aromatic nitrogens is 1. The summed E-state index contributed by atoms with van der Waals surface area (Å²) < 4.78 is 13.4. The highest BCUT2D eigenvalue weighted by Crippen LogP contribution is 2.21. The maximum atomic E-state index is 13.4. The summed E-state index contributed by atoms with van der Waals surface area (Å²) in [6.07, 6.45) is 1.35. The normalized spacial score (nSPS) is 10.2. The number of rotatable bonds is 3. The fraction of sp³-hybridized carbons (Fsp3) is 0. The summed E-state index contributed by atoms with van der Waals surface area (Å²) in [5.41, 5.74) is 5.70. The smallest absolute Gasteiger partial charge is 0.335 e. The van der Waals surface area contributed by atoms with Crippen molar-refractivity contribution < 1.29 is 19.1 Å². The first-order valence-electron chi connectivity index (χ1n) is 5.27. The molecular weight excluding hydrogens is 251 g/mol. The molecular formula is C13H9FN2O3. The van der Waals surface area contributed by atoms with Gasteiger partial charge < -0.3 is 10.8 Å². The Bertz CT molecular complexity index is 671. The van der Waals surface area contributed by atoms with Crippen molar-refractivity contribution >= 4 is 11.9 Å². The van der Waals surface area contributed by atoms with Gasteiger partial charge in [0.25, 0.3) is 0 Å². The summed E-state index contributed by atoms with van der Waals surface area (Å²) in [5.74, 6) is -2.58. The zero-order chi connectivity index (χ0) is 14.0. The SMILES string of the molecule is NC(=O)c1ccnc(-c2cc(F)cc(C(=O)O)c2)c1. The summed E-state index contributed by atoms with van der Waals surface area (Å²) in [5, 5.41) is 8.86. The Morgan fingerprint density at radius 3 is 2.53 bits per heavy atom. The Morgan fingerprint density at radius 2 is 1.89 bits per heavy atom. The zero-order valence-corrected chi connectivity index (χ0v) is 9.63. The number of hydrogen-bond donors (Lipinski definition) is 2. The van der Waals surface area contributed by atoms with E-state index in [9.17, 15) is 14.0 Å². The molecule has 0 unspecified atom stereocenters. The summed E-state index contributed by atoms with van der Waals surface area (Å²) >= 11 is 0. The molecule has 2 aromatic rings. The van der Waals surface area contributed by atoms with E-state index < -0.39 is 17.7 Å². The first kappa shape index (κ1) is 12.7. The van der Waals surface area contributed by atoms with Crippen molar-refractivity contribution in [1.82, 2.24) is 4.98 Å². The van der Waals surface area contributed by atoms with Crippen molar-refractivity contribution in [1.29, 1.82) is 0 Å². The Morgan fingerprint density at radius 1 is 1.16 bits per heavy atom. The predicted octanol–water partition coefficient (Wildman–Crippen LogP) is 1.68. The zero-order valence-electron chi connectivity index (χ0n) is 9.63. The number of carbonyl (C=O) groups is 2. The highest BCUT2D eigenvalue weighted by atomic mass is 19.1. The second-order valence-corrected chi connectivity index (χ2v) is 3.83. The number of aromatic carboxylic acids is 1. The molecule has 1 aromatic carbocycles. The number of carboxylic acid groups (broad SMARTS) is 1. The number of halogens is 1. The Kier molecular flexibility index (Phi) is 3.24. The molecule has 0 radical (unpaired) electrons. The van der Waals surface area contributed by atoms with Gasteiger partial charge in [0.1, 0.15) is 5.82 Å². The van der Waals surface area contributed by atoms with E-state index >= 15 is 0 Å². The van der Waals surface area contributed by atoms with Gasteiger partial charge >= 0.3 is 5.97 Å². The number of benzene rings is 1. The highest BCUT2D eigenvalue weighted by Gasteiger charge is 2.10. The van der Waals surface area contributed by atoms with E-state index in [-0.39, 0.29) is 22.4 Å². The van der Waals surface area contributed by atoms with Crippen LogP contribution in [0.4, 0.5) is 4.39 Å². The van der Waals surface area contributed by atoms with Crippen molar-refractivity contribution in [2.75, 3.05) is 0 Å². The van der Waals surface area contributed by atoms with Crippen molar-refractivity contribution in [3.63, 3.8) is 0 Å². The van der Waals surface area contributed by atoms with Crippen molar-refractivity contribution in [3.8, 4) is 11.3 Å². The van der Waals surface area contributed by atoms with Gasteiger partial charge in [-0.2, -0.15) is 0 Å². The van der Waals surface area contributed by atoms with Gasteiger partial charge in [-0.3, -0.25) is 9.78 Å². The van der Waals surface area contributed by atoms with E-state index in [2.05, 4.69) is 4.98 Å². The molecule has 6 heteroatoms. The molecule has 5 nitrogen and oxygen atoms in total. The molecule has 1 amide bonds. The number of primary amides is 1. The number of pyridine rings is 1. The van der Waals surface area contributed by atoms with Gasteiger partial charge in [-0.15, -0.1) is 0 Å². The Hall–Kier alpha value is -2.76. The van der Waals surface area contributed by atoms with Crippen LogP contribution in [0, 0.1) is 5.82 Å². The van der Waals surface area contributed by atoms with Gasteiger partial charge in [0.2, 0.25) is 5.91 Å². The average Bonchev–Trinajstić information content (AvgIpc) is 2.38. The average molecular weight is 260 g/mol. The molecule has 0 aliphatic carbocycles. The number of amides is 1. The van der Waals surface area contributed by atoms with Gasteiger partial charge in [-0.1, -0.05) is 0 Å². The van der Waals surface area contributed by atoms with E-state index in [1.54, 1.807) is 0 Å². The van der Waals surface area contributed by atoms with Crippen LogP contribution in [0.25, 0.3) is 11.3 Å². The molecule has 0 atom stereocenters. The van der Waals surface area contributed by atoms with Crippen LogP contribution in [0.1, 0.15) is 20.7 Å². The van der Waals surface area contributed by atoms with Crippen LogP contribution in [-0.2, 0) is 0 Å². The van der Waals surface area contributed by atoms with Crippen LogP contribution in [0.2, 0.25) is 0 Å². The van der Waals surface area contributed by atoms with Crippen molar-refractivity contribution in [3.05, 3.63) is 53.5 Å². The fourth-order valence-electron chi connectivity index (χ4n) is 1.60. The monoisotopic (exact) mass is 260 g/mol. The Labute approximate surface area is 107 Å². The number of nitrogens with zero attached hydrogens (tertiary/aromatic N) is 1. The standard InChI is InChI=1S/C13H9FN2O3/c14-10-4-8(3-9(5-10)13(18)19)11-6-7(12(15)17)1-2-16-11/h1-6H,(H2,15,17)(H,18,19). The molecule has 3 N–H and O–H groups in total. The van der Waals surface area contributed by atoms with E-state index in [0.29, 0.717) is 0 Å². The lowest BCUT2D eigenvalue weighted by Gasteiger charge is -2.04. The number of hydrogen-bond acceptors (Lipinski definition) is 3. The molecule has 96 valence electrons.